The maximum atomic E-state index is 13.0. The fourth-order valence-electron chi connectivity index (χ4n) is 2.62. The van der Waals surface area contributed by atoms with E-state index in [0.29, 0.717) is 16.9 Å². The highest BCUT2D eigenvalue weighted by atomic mass is 19.1. The Morgan fingerprint density at radius 3 is 2.43 bits per heavy atom. The average molecular weight is 415 g/mol. The summed E-state index contributed by atoms with van der Waals surface area (Å²) >= 11 is 0. The minimum atomic E-state index is -0.579. The molecule has 0 radical (unpaired) electrons. The van der Waals surface area contributed by atoms with Crippen LogP contribution >= 0.6 is 0 Å². The predicted molar refractivity (Wildman–Crippen MR) is 111 cm³/mol. The first-order chi connectivity index (χ1) is 14.3. The van der Waals surface area contributed by atoms with E-state index in [1.165, 1.54) is 25.3 Å². The number of methoxy groups -OCH3 is 1. The summed E-state index contributed by atoms with van der Waals surface area (Å²) in [6.07, 6.45) is 1.30. The third-order valence-corrected chi connectivity index (χ3v) is 3.97. The normalized spacial score (nSPS) is 11.2. The highest BCUT2D eigenvalue weighted by Crippen LogP contribution is 2.22. The van der Waals surface area contributed by atoms with Crippen LogP contribution in [-0.2, 0) is 20.8 Å². The van der Waals surface area contributed by atoms with Gasteiger partial charge in [-0.25, -0.2) is 9.18 Å². The summed E-state index contributed by atoms with van der Waals surface area (Å²) in [4.78, 5) is 24.9. The maximum absolute atomic E-state index is 13.0. The van der Waals surface area contributed by atoms with Crippen LogP contribution in [0.5, 0.6) is 5.75 Å². The number of hydrogen-bond donors (Lipinski definition) is 1. The molecule has 0 spiro atoms. The Balaban J connectivity index is 2.26. The van der Waals surface area contributed by atoms with Crippen molar-refractivity contribution < 1.29 is 28.2 Å². The zero-order chi connectivity index (χ0) is 22.1. The second-order valence-electron chi connectivity index (χ2n) is 6.66. The van der Waals surface area contributed by atoms with Gasteiger partial charge in [-0.2, -0.15) is 0 Å². The van der Waals surface area contributed by atoms with Crippen molar-refractivity contribution in [3.05, 3.63) is 70.7 Å². The van der Waals surface area contributed by atoms with Crippen LogP contribution in [0.4, 0.5) is 4.39 Å². The summed E-state index contributed by atoms with van der Waals surface area (Å²) in [7, 11) is 1.47. The summed E-state index contributed by atoms with van der Waals surface area (Å²) in [5.74, 6) is -0.855. The van der Waals surface area contributed by atoms with Crippen LogP contribution in [0.3, 0.4) is 0 Å². The standard InChI is InChI=1S/C23H26FNO5/c1-5-29-23(27)21(30-15(2)3)13-17-8-11-20(28-4)19(12-17)22(26)25-14-16-6-9-18(24)10-7-16/h6-13,15H,5,14H2,1-4H3,(H,25,26)/b21-13-. The van der Waals surface area contributed by atoms with Crippen molar-refractivity contribution in [2.45, 2.75) is 33.4 Å². The van der Waals surface area contributed by atoms with E-state index in [-0.39, 0.29) is 36.7 Å². The number of carbonyl (C=O) groups is 2. The smallest absolute Gasteiger partial charge is 0.373 e. The third kappa shape index (κ3) is 6.62. The molecule has 0 saturated carbocycles. The molecule has 0 aliphatic heterocycles. The van der Waals surface area contributed by atoms with Crippen molar-refractivity contribution in [2.24, 2.45) is 0 Å². The molecule has 6 nitrogen and oxygen atoms in total. The number of rotatable bonds is 9. The zero-order valence-electron chi connectivity index (χ0n) is 17.5. The third-order valence-electron chi connectivity index (χ3n) is 3.97. The SMILES string of the molecule is CCOC(=O)/C(=C/c1ccc(OC)c(C(=O)NCc2ccc(F)cc2)c1)OC(C)C. The van der Waals surface area contributed by atoms with Crippen molar-refractivity contribution in [2.75, 3.05) is 13.7 Å². The van der Waals surface area contributed by atoms with Crippen molar-refractivity contribution in [1.82, 2.24) is 5.32 Å². The Hall–Kier alpha value is -3.35. The number of amides is 1. The summed E-state index contributed by atoms with van der Waals surface area (Å²) in [5, 5.41) is 2.78. The molecule has 0 saturated heterocycles. The van der Waals surface area contributed by atoms with E-state index in [1.54, 1.807) is 51.1 Å². The van der Waals surface area contributed by atoms with Gasteiger partial charge < -0.3 is 19.5 Å². The molecule has 0 heterocycles. The Morgan fingerprint density at radius 2 is 1.83 bits per heavy atom. The lowest BCUT2D eigenvalue weighted by Gasteiger charge is -2.14. The molecule has 0 bridgehead atoms. The largest absolute Gasteiger partial charge is 0.496 e. The lowest BCUT2D eigenvalue weighted by Crippen LogP contribution is -2.23. The number of nitrogens with one attached hydrogen (secondary N) is 1. The number of esters is 1. The minimum absolute atomic E-state index is 0.0506. The molecule has 0 aliphatic carbocycles. The lowest BCUT2D eigenvalue weighted by molar-refractivity contribution is -0.143. The van der Waals surface area contributed by atoms with Crippen LogP contribution in [0.1, 0.15) is 42.3 Å². The van der Waals surface area contributed by atoms with Gasteiger partial charge in [0.05, 0.1) is 25.4 Å². The summed E-state index contributed by atoms with van der Waals surface area (Å²) < 4.78 is 28.9. The van der Waals surface area contributed by atoms with Crippen LogP contribution in [0.15, 0.2) is 48.2 Å². The molecule has 160 valence electrons. The van der Waals surface area contributed by atoms with Gasteiger partial charge in [-0.3, -0.25) is 4.79 Å². The summed E-state index contributed by atoms with van der Waals surface area (Å²) in [6.45, 7) is 5.76. The highest BCUT2D eigenvalue weighted by Gasteiger charge is 2.17. The first kappa shape index (κ1) is 22.9. The van der Waals surface area contributed by atoms with E-state index in [2.05, 4.69) is 5.32 Å². The van der Waals surface area contributed by atoms with E-state index >= 15 is 0 Å². The number of ether oxygens (including phenoxy) is 3. The van der Waals surface area contributed by atoms with Gasteiger partial charge in [0.2, 0.25) is 5.76 Å². The molecule has 0 aliphatic rings. The van der Waals surface area contributed by atoms with Crippen LogP contribution in [0.25, 0.3) is 6.08 Å². The number of benzene rings is 2. The molecule has 7 heteroatoms. The van der Waals surface area contributed by atoms with Crippen molar-refractivity contribution in [3.8, 4) is 5.75 Å². The molecule has 2 rings (SSSR count). The monoisotopic (exact) mass is 415 g/mol. The van der Waals surface area contributed by atoms with Crippen LogP contribution in [0, 0.1) is 5.82 Å². The second-order valence-corrected chi connectivity index (χ2v) is 6.66. The van der Waals surface area contributed by atoms with Gasteiger partial charge in [0.1, 0.15) is 11.6 Å². The topological polar surface area (TPSA) is 73.9 Å². The maximum Gasteiger partial charge on any atom is 0.373 e. The zero-order valence-corrected chi connectivity index (χ0v) is 17.5. The van der Waals surface area contributed by atoms with Gasteiger partial charge in [-0.15, -0.1) is 0 Å². The van der Waals surface area contributed by atoms with Crippen LogP contribution < -0.4 is 10.1 Å². The number of carbonyl (C=O) groups excluding carboxylic acids is 2. The molecule has 0 atom stereocenters. The molecule has 0 unspecified atom stereocenters. The van der Waals surface area contributed by atoms with E-state index < -0.39 is 5.97 Å². The molecule has 1 N–H and O–H groups in total. The van der Waals surface area contributed by atoms with E-state index in [9.17, 15) is 14.0 Å². The molecule has 30 heavy (non-hydrogen) atoms. The van der Waals surface area contributed by atoms with Gasteiger partial charge in [0.25, 0.3) is 5.91 Å². The van der Waals surface area contributed by atoms with E-state index in [0.717, 1.165) is 5.56 Å². The molecule has 1 amide bonds. The van der Waals surface area contributed by atoms with Crippen LogP contribution in [-0.4, -0.2) is 31.7 Å². The Bertz CT molecular complexity index is 906. The first-order valence-corrected chi connectivity index (χ1v) is 9.60. The van der Waals surface area contributed by atoms with E-state index in [1.807, 2.05) is 0 Å². The number of hydrogen-bond acceptors (Lipinski definition) is 5. The lowest BCUT2D eigenvalue weighted by atomic mass is 10.1. The van der Waals surface area contributed by atoms with Gasteiger partial charge in [-0.1, -0.05) is 18.2 Å². The molecule has 2 aromatic rings. The Morgan fingerprint density at radius 1 is 1.13 bits per heavy atom. The fourth-order valence-corrected chi connectivity index (χ4v) is 2.62. The van der Waals surface area contributed by atoms with Crippen molar-refractivity contribution >= 4 is 18.0 Å². The molecule has 0 aromatic heterocycles. The molecule has 0 fully saturated rings. The highest BCUT2D eigenvalue weighted by molar-refractivity contribution is 5.98. The predicted octanol–water partition coefficient (Wildman–Crippen LogP) is 4.09. The molecular weight excluding hydrogens is 389 g/mol. The van der Waals surface area contributed by atoms with Crippen LogP contribution in [0.2, 0.25) is 0 Å². The van der Waals surface area contributed by atoms with Crippen molar-refractivity contribution in [1.29, 1.82) is 0 Å². The summed E-state index contributed by atoms with van der Waals surface area (Å²) in [5.41, 5.74) is 1.63. The number of halogens is 1. The van der Waals surface area contributed by atoms with Gasteiger partial charge >= 0.3 is 5.97 Å². The quantitative estimate of drug-likeness (QED) is 0.379. The van der Waals surface area contributed by atoms with Gasteiger partial charge in [0.15, 0.2) is 0 Å². The molecular formula is C23H26FNO5. The van der Waals surface area contributed by atoms with E-state index in [4.69, 9.17) is 14.2 Å². The average Bonchev–Trinajstić information content (AvgIpc) is 2.72. The van der Waals surface area contributed by atoms with Crippen molar-refractivity contribution in [3.63, 3.8) is 0 Å². The van der Waals surface area contributed by atoms with Gasteiger partial charge in [0, 0.05) is 6.54 Å². The Kier molecular flexibility index (Phi) is 8.41. The minimum Gasteiger partial charge on any atom is -0.496 e. The Labute approximate surface area is 175 Å². The first-order valence-electron chi connectivity index (χ1n) is 9.60. The second kappa shape index (κ2) is 11.0. The molecule has 2 aromatic carbocycles. The summed E-state index contributed by atoms with van der Waals surface area (Å²) in [6, 6.07) is 10.8. The fraction of sp³-hybridized carbons (Fsp3) is 0.304. The van der Waals surface area contributed by atoms with Gasteiger partial charge in [-0.05, 0) is 62.2 Å².